The van der Waals surface area contributed by atoms with Crippen LogP contribution >= 0.6 is 12.2 Å². The van der Waals surface area contributed by atoms with Crippen LogP contribution in [0.25, 0.3) is 5.69 Å². The van der Waals surface area contributed by atoms with Crippen molar-refractivity contribution in [3.8, 4) is 5.69 Å². The SMILES string of the molecule is Cc1[nH]n(-c2ccccc2)c(=O)c1/C=N/C(N)=S. The van der Waals surface area contributed by atoms with Crippen molar-refractivity contribution in [3.63, 3.8) is 0 Å². The molecule has 5 nitrogen and oxygen atoms in total. The second-order valence-corrected chi connectivity index (χ2v) is 4.14. The van der Waals surface area contributed by atoms with E-state index in [0.717, 1.165) is 5.69 Å². The highest BCUT2D eigenvalue weighted by molar-refractivity contribution is 7.80. The number of H-pyrrole nitrogens is 1. The Morgan fingerprint density at radius 1 is 1.44 bits per heavy atom. The van der Waals surface area contributed by atoms with Gasteiger partial charge in [-0.1, -0.05) is 18.2 Å². The quantitative estimate of drug-likeness (QED) is 0.628. The lowest BCUT2D eigenvalue weighted by atomic mass is 10.3. The number of hydrogen-bond acceptors (Lipinski definition) is 2. The number of aliphatic imine (C=N–C) groups is 1. The maximum atomic E-state index is 12.2. The maximum Gasteiger partial charge on any atom is 0.280 e. The van der Waals surface area contributed by atoms with E-state index >= 15 is 0 Å². The Hall–Kier alpha value is -2.21. The number of hydrogen-bond donors (Lipinski definition) is 2. The molecular weight excluding hydrogens is 248 g/mol. The monoisotopic (exact) mass is 260 g/mol. The molecule has 1 aromatic heterocycles. The van der Waals surface area contributed by atoms with Gasteiger partial charge in [0.25, 0.3) is 5.56 Å². The molecule has 0 bridgehead atoms. The van der Waals surface area contributed by atoms with Gasteiger partial charge in [-0.05, 0) is 31.3 Å². The molecule has 1 heterocycles. The first kappa shape index (κ1) is 12.3. The smallest absolute Gasteiger partial charge is 0.280 e. The van der Waals surface area contributed by atoms with Crippen LogP contribution in [0.2, 0.25) is 0 Å². The molecule has 0 fully saturated rings. The summed E-state index contributed by atoms with van der Waals surface area (Å²) in [5.74, 6) is 0. The van der Waals surface area contributed by atoms with Crippen LogP contribution in [0.4, 0.5) is 0 Å². The van der Waals surface area contributed by atoms with Crippen molar-refractivity contribution in [3.05, 3.63) is 51.9 Å². The van der Waals surface area contributed by atoms with Crippen LogP contribution in [-0.4, -0.2) is 21.1 Å². The third-order valence-corrected chi connectivity index (χ3v) is 2.56. The molecule has 3 N–H and O–H groups in total. The average molecular weight is 260 g/mol. The average Bonchev–Trinajstić information content (AvgIpc) is 2.63. The number of para-hydroxylation sites is 1. The molecule has 0 aliphatic carbocycles. The molecule has 0 atom stereocenters. The lowest BCUT2D eigenvalue weighted by Crippen LogP contribution is -2.17. The standard InChI is InChI=1S/C12H12N4OS/c1-8-10(7-14-12(13)18)11(17)16(15-8)9-5-3-2-4-6-9/h2-7,15H,1H3,(H2,13,18)/b14-7+. The molecule has 18 heavy (non-hydrogen) atoms. The number of nitrogens with one attached hydrogen (secondary N) is 1. The Morgan fingerprint density at radius 2 is 2.11 bits per heavy atom. The van der Waals surface area contributed by atoms with Crippen LogP contribution in [0.3, 0.4) is 0 Å². The number of nitrogens with two attached hydrogens (primary N) is 1. The Balaban J connectivity index is 2.51. The molecule has 1 aromatic carbocycles. The van der Waals surface area contributed by atoms with Crippen molar-refractivity contribution >= 4 is 23.5 Å². The molecule has 0 unspecified atom stereocenters. The van der Waals surface area contributed by atoms with Crippen molar-refractivity contribution in [1.82, 2.24) is 9.78 Å². The molecule has 0 aliphatic heterocycles. The van der Waals surface area contributed by atoms with Gasteiger partial charge in [0.1, 0.15) is 0 Å². The number of thiocarbonyl (C=S) groups is 1. The fraction of sp³-hybridized carbons (Fsp3) is 0.0833. The minimum atomic E-state index is -0.182. The van der Waals surface area contributed by atoms with E-state index in [4.69, 9.17) is 5.73 Å². The first-order valence-electron chi connectivity index (χ1n) is 5.30. The number of aromatic nitrogens is 2. The molecule has 0 radical (unpaired) electrons. The molecule has 2 rings (SSSR count). The predicted octanol–water partition coefficient (Wildman–Crippen LogP) is 1.14. The summed E-state index contributed by atoms with van der Waals surface area (Å²) < 4.78 is 1.45. The first-order valence-corrected chi connectivity index (χ1v) is 5.71. The van der Waals surface area contributed by atoms with Crippen LogP contribution in [-0.2, 0) is 0 Å². The van der Waals surface area contributed by atoms with Gasteiger partial charge in [-0.3, -0.25) is 9.89 Å². The molecule has 0 saturated carbocycles. The molecule has 0 amide bonds. The van der Waals surface area contributed by atoms with Crippen molar-refractivity contribution in [2.45, 2.75) is 6.92 Å². The highest BCUT2D eigenvalue weighted by Gasteiger charge is 2.09. The van der Waals surface area contributed by atoms with Gasteiger partial charge in [0.2, 0.25) is 0 Å². The Kier molecular flexibility index (Phi) is 3.38. The second-order valence-electron chi connectivity index (χ2n) is 3.72. The van der Waals surface area contributed by atoms with Gasteiger partial charge < -0.3 is 5.73 Å². The van der Waals surface area contributed by atoms with Gasteiger partial charge in [0, 0.05) is 11.9 Å². The second kappa shape index (κ2) is 4.97. The zero-order valence-electron chi connectivity index (χ0n) is 9.75. The lowest BCUT2D eigenvalue weighted by molar-refractivity contribution is 0.835. The third kappa shape index (κ3) is 2.38. The first-order chi connectivity index (χ1) is 8.59. The summed E-state index contributed by atoms with van der Waals surface area (Å²) in [4.78, 5) is 15.9. The van der Waals surface area contributed by atoms with Crippen LogP contribution in [0, 0.1) is 6.92 Å². The van der Waals surface area contributed by atoms with E-state index in [1.807, 2.05) is 30.3 Å². The fourth-order valence-corrected chi connectivity index (χ4v) is 1.65. The molecule has 0 spiro atoms. The van der Waals surface area contributed by atoms with Crippen LogP contribution in [0.1, 0.15) is 11.3 Å². The van der Waals surface area contributed by atoms with Gasteiger partial charge in [-0.15, -0.1) is 0 Å². The molecule has 0 aliphatic rings. The van der Waals surface area contributed by atoms with E-state index in [0.29, 0.717) is 11.3 Å². The summed E-state index contributed by atoms with van der Waals surface area (Å²) in [6, 6.07) is 9.29. The number of rotatable bonds is 2. The summed E-state index contributed by atoms with van der Waals surface area (Å²) in [6.07, 6.45) is 1.38. The summed E-state index contributed by atoms with van der Waals surface area (Å²) in [6.45, 7) is 1.79. The van der Waals surface area contributed by atoms with E-state index in [9.17, 15) is 4.79 Å². The number of aryl methyl sites for hydroxylation is 1. The summed E-state index contributed by atoms with van der Waals surface area (Å²) in [5.41, 5.74) is 7.02. The Morgan fingerprint density at radius 3 is 2.72 bits per heavy atom. The largest absolute Gasteiger partial charge is 0.374 e. The Labute approximate surface area is 109 Å². The zero-order chi connectivity index (χ0) is 13.1. The van der Waals surface area contributed by atoms with Crippen molar-refractivity contribution in [2.24, 2.45) is 10.7 Å². The highest BCUT2D eigenvalue weighted by Crippen LogP contribution is 2.05. The summed E-state index contributed by atoms with van der Waals surface area (Å²) >= 11 is 4.64. The third-order valence-electron chi connectivity index (χ3n) is 2.45. The lowest BCUT2D eigenvalue weighted by Gasteiger charge is -1.99. The highest BCUT2D eigenvalue weighted by atomic mass is 32.1. The van der Waals surface area contributed by atoms with Gasteiger partial charge in [-0.25, -0.2) is 9.67 Å². The Bertz CT molecular complexity index is 654. The number of benzene rings is 1. The van der Waals surface area contributed by atoms with Crippen LogP contribution < -0.4 is 11.3 Å². The zero-order valence-corrected chi connectivity index (χ0v) is 10.6. The van der Waals surface area contributed by atoms with Gasteiger partial charge in [-0.2, -0.15) is 0 Å². The predicted molar refractivity (Wildman–Crippen MR) is 75.5 cm³/mol. The van der Waals surface area contributed by atoms with Crippen molar-refractivity contribution in [1.29, 1.82) is 0 Å². The van der Waals surface area contributed by atoms with E-state index in [1.54, 1.807) is 6.92 Å². The topological polar surface area (TPSA) is 76.2 Å². The molecular formula is C12H12N4OS. The molecule has 6 heteroatoms. The van der Waals surface area contributed by atoms with Crippen LogP contribution in [0.5, 0.6) is 0 Å². The van der Waals surface area contributed by atoms with Crippen LogP contribution in [0.15, 0.2) is 40.1 Å². The van der Waals surface area contributed by atoms with E-state index in [2.05, 4.69) is 22.3 Å². The molecule has 2 aromatic rings. The van der Waals surface area contributed by atoms with E-state index in [1.165, 1.54) is 10.9 Å². The normalized spacial score (nSPS) is 10.9. The minimum absolute atomic E-state index is 0.00117. The number of nitrogens with zero attached hydrogens (tertiary/aromatic N) is 2. The fourth-order valence-electron chi connectivity index (χ4n) is 1.60. The van der Waals surface area contributed by atoms with E-state index in [-0.39, 0.29) is 10.7 Å². The van der Waals surface area contributed by atoms with Crippen molar-refractivity contribution < 1.29 is 0 Å². The van der Waals surface area contributed by atoms with Gasteiger partial charge in [0.05, 0.1) is 11.3 Å². The summed E-state index contributed by atoms with van der Waals surface area (Å²) in [5, 5.41) is 2.98. The maximum absolute atomic E-state index is 12.2. The minimum Gasteiger partial charge on any atom is -0.374 e. The van der Waals surface area contributed by atoms with E-state index < -0.39 is 0 Å². The molecule has 92 valence electrons. The van der Waals surface area contributed by atoms with Gasteiger partial charge in [0.15, 0.2) is 5.11 Å². The summed E-state index contributed by atoms with van der Waals surface area (Å²) in [7, 11) is 0. The van der Waals surface area contributed by atoms with Gasteiger partial charge >= 0.3 is 0 Å². The number of aromatic amines is 1. The molecule has 0 saturated heterocycles. The van der Waals surface area contributed by atoms with Crippen molar-refractivity contribution in [2.75, 3.05) is 0 Å².